The normalized spacial score (nSPS) is 13.4. The Balaban J connectivity index is 4.51. The van der Waals surface area contributed by atoms with Gasteiger partial charge in [-0.05, 0) is 65.4 Å². The molecule has 0 saturated heterocycles. The Kier molecular flexibility index (Phi) is 11.8. The van der Waals surface area contributed by atoms with E-state index in [-0.39, 0.29) is 18.8 Å². The predicted octanol–water partition coefficient (Wildman–Crippen LogP) is 4.15. The third kappa shape index (κ3) is 10.2. The van der Waals surface area contributed by atoms with Gasteiger partial charge in [0.05, 0.1) is 13.7 Å². The Morgan fingerprint density at radius 3 is 2.12 bits per heavy atom. The van der Waals surface area contributed by atoms with Gasteiger partial charge in [0.1, 0.15) is 11.7 Å². The topological polar surface area (TPSA) is 63.6 Å². The summed E-state index contributed by atoms with van der Waals surface area (Å²) in [6.07, 6.45) is 10.1. The molecule has 0 aromatic carbocycles. The van der Waals surface area contributed by atoms with Gasteiger partial charge in [-0.3, -0.25) is 9.59 Å². The SMILES string of the molecule is COC(=O)C(C/C=C(/CO)CC/C=C(\C)CCC=C(C)C)C(C)=O. The van der Waals surface area contributed by atoms with Gasteiger partial charge in [-0.2, -0.15) is 0 Å². The molecule has 1 atom stereocenters. The fourth-order valence-corrected chi connectivity index (χ4v) is 2.30. The number of hydrogen-bond acceptors (Lipinski definition) is 4. The Morgan fingerprint density at radius 2 is 1.62 bits per heavy atom. The van der Waals surface area contributed by atoms with Crippen LogP contribution in [0, 0.1) is 5.92 Å². The maximum Gasteiger partial charge on any atom is 0.316 e. The molecule has 4 nitrogen and oxygen atoms in total. The summed E-state index contributed by atoms with van der Waals surface area (Å²) in [4.78, 5) is 23.0. The summed E-state index contributed by atoms with van der Waals surface area (Å²) in [5.41, 5.74) is 3.51. The predicted molar refractivity (Wildman–Crippen MR) is 97.6 cm³/mol. The number of carbonyl (C=O) groups is 2. The van der Waals surface area contributed by atoms with Crippen LogP contribution in [0.25, 0.3) is 0 Å². The minimum absolute atomic E-state index is 0.0591. The van der Waals surface area contributed by atoms with E-state index in [9.17, 15) is 14.7 Å². The van der Waals surface area contributed by atoms with Crippen LogP contribution in [0.5, 0.6) is 0 Å². The largest absolute Gasteiger partial charge is 0.468 e. The van der Waals surface area contributed by atoms with E-state index in [0.717, 1.165) is 31.3 Å². The first-order valence-corrected chi connectivity index (χ1v) is 8.47. The third-order valence-corrected chi connectivity index (χ3v) is 3.87. The highest BCUT2D eigenvalue weighted by Gasteiger charge is 2.22. The van der Waals surface area contributed by atoms with E-state index in [4.69, 9.17) is 0 Å². The third-order valence-electron chi connectivity index (χ3n) is 3.87. The van der Waals surface area contributed by atoms with E-state index < -0.39 is 11.9 Å². The van der Waals surface area contributed by atoms with E-state index in [1.165, 1.54) is 25.2 Å². The lowest BCUT2D eigenvalue weighted by Gasteiger charge is -2.10. The highest BCUT2D eigenvalue weighted by atomic mass is 16.5. The van der Waals surface area contributed by atoms with Crippen LogP contribution in [0.2, 0.25) is 0 Å². The average molecular weight is 336 g/mol. The Hall–Kier alpha value is -1.68. The molecule has 0 radical (unpaired) electrons. The highest BCUT2D eigenvalue weighted by Crippen LogP contribution is 2.15. The summed E-state index contributed by atoms with van der Waals surface area (Å²) in [7, 11) is 1.28. The quantitative estimate of drug-likeness (QED) is 0.350. The first-order chi connectivity index (χ1) is 11.3. The monoisotopic (exact) mass is 336 g/mol. The van der Waals surface area contributed by atoms with Gasteiger partial charge in [0.15, 0.2) is 0 Å². The molecule has 0 aliphatic heterocycles. The maximum atomic E-state index is 11.6. The van der Waals surface area contributed by atoms with Gasteiger partial charge in [0.25, 0.3) is 0 Å². The molecule has 1 unspecified atom stereocenters. The van der Waals surface area contributed by atoms with Crippen molar-refractivity contribution < 1.29 is 19.4 Å². The molecular formula is C20H32O4. The van der Waals surface area contributed by atoms with Crippen molar-refractivity contribution in [2.75, 3.05) is 13.7 Å². The summed E-state index contributed by atoms with van der Waals surface area (Å²) >= 11 is 0. The zero-order valence-electron chi connectivity index (χ0n) is 15.7. The number of aliphatic hydroxyl groups is 1. The van der Waals surface area contributed by atoms with Gasteiger partial charge in [0.2, 0.25) is 0 Å². The number of hydrogen-bond donors (Lipinski definition) is 1. The van der Waals surface area contributed by atoms with Gasteiger partial charge < -0.3 is 9.84 Å². The molecule has 0 fully saturated rings. The molecule has 0 rings (SSSR count). The smallest absolute Gasteiger partial charge is 0.316 e. The lowest BCUT2D eigenvalue weighted by atomic mass is 9.98. The van der Waals surface area contributed by atoms with Crippen LogP contribution in [-0.2, 0) is 14.3 Å². The van der Waals surface area contributed by atoms with Crippen molar-refractivity contribution in [3.63, 3.8) is 0 Å². The van der Waals surface area contributed by atoms with Gasteiger partial charge in [-0.1, -0.05) is 29.4 Å². The second kappa shape index (κ2) is 12.7. The Labute approximate surface area is 146 Å². The lowest BCUT2D eigenvalue weighted by Crippen LogP contribution is -2.22. The van der Waals surface area contributed by atoms with Crippen LogP contribution in [0.1, 0.15) is 59.8 Å². The molecule has 1 N–H and O–H groups in total. The molecule has 0 aromatic rings. The van der Waals surface area contributed by atoms with Crippen LogP contribution in [0.4, 0.5) is 0 Å². The van der Waals surface area contributed by atoms with Crippen molar-refractivity contribution in [2.24, 2.45) is 5.92 Å². The fraction of sp³-hybridized carbons (Fsp3) is 0.600. The number of Topliss-reactive ketones (excluding diaryl/α,β-unsaturated/α-hetero) is 1. The molecular weight excluding hydrogens is 304 g/mol. The molecule has 0 saturated carbocycles. The van der Waals surface area contributed by atoms with Crippen LogP contribution in [0.3, 0.4) is 0 Å². The fourth-order valence-electron chi connectivity index (χ4n) is 2.30. The minimum atomic E-state index is -0.780. The van der Waals surface area contributed by atoms with Crippen molar-refractivity contribution >= 4 is 11.8 Å². The first kappa shape index (κ1) is 22.3. The van der Waals surface area contributed by atoms with Crippen molar-refractivity contribution in [1.29, 1.82) is 0 Å². The molecule has 0 aliphatic rings. The van der Waals surface area contributed by atoms with E-state index >= 15 is 0 Å². The number of carbonyl (C=O) groups excluding carboxylic acids is 2. The van der Waals surface area contributed by atoms with Crippen molar-refractivity contribution in [2.45, 2.75) is 59.8 Å². The number of rotatable bonds is 11. The Bertz CT molecular complexity index is 494. The van der Waals surface area contributed by atoms with Crippen molar-refractivity contribution in [3.8, 4) is 0 Å². The summed E-state index contributed by atoms with van der Waals surface area (Å²) in [6, 6.07) is 0. The molecule has 0 bridgehead atoms. The summed E-state index contributed by atoms with van der Waals surface area (Å²) in [5, 5.41) is 9.44. The molecule has 0 amide bonds. The second-order valence-electron chi connectivity index (χ2n) is 6.35. The van der Waals surface area contributed by atoms with Gasteiger partial charge in [-0.25, -0.2) is 0 Å². The first-order valence-electron chi connectivity index (χ1n) is 8.47. The van der Waals surface area contributed by atoms with Crippen LogP contribution in [0.15, 0.2) is 34.9 Å². The number of aliphatic hydroxyl groups excluding tert-OH is 1. The molecule has 0 aliphatic carbocycles. The van der Waals surface area contributed by atoms with Gasteiger partial charge in [0, 0.05) is 0 Å². The van der Waals surface area contributed by atoms with Crippen LogP contribution >= 0.6 is 0 Å². The van der Waals surface area contributed by atoms with Crippen molar-refractivity contribution in [1.82, 2.24) is 0 Å². The van der Waals surface area contributed by atoms with E-state index in [1.54, 1.807) is 6.08 Å². The average Bonchev–Trinajstić information content (AvgIpc) is 2.52. The highest BCUT2D eigenvalue weighted by molar-refractivity contribution is 5.97. The number of ether oxygens (including phenoxy) is 1. The standard InChI is InChI=1S/C20H32O4/c1-15(2)8-6-9-16(3)10-7-11-18(14-21)12-13-19(17(4)22)20(23)24-5/h8,10,12,19,21H,6-7,9,11,13-14H2,1-5H3/b16-10+,18-12+. The van der Waals surface area contributed by atoms with E-state index in [1.807, 2.05) is 0 Å². The summed E-state index contributed by atoms with van der Waals surface area (Å²) in [5.74, 6) is -1.52. The molecule has 136 valence electrons. The van der Waals surface area contributed by atoms with Crippen LogP contribution in [-0.4, -0.2) is 30.6 Å². The number of allylic oxidation sites excluding steroid dienone is 5. The lowest BCUT2D eigenvalue weighted by molar-refractivity contribution is -0.148. The second-order valence-corrected chi connectivity index (χ2v) is 6.35. The number of ketones is 1. The van der Waals surface area contributed by atoms with Gasteiger partial charge in [-0.15, -0.1) is 0 Å². The zero-order valence-corrected chi connectivity index (χ0v) is 15.7. The molecule has 0 spiro atoms. The molecule has 24 heavy (non-hydrogen) atoms. The Morgan fingerprint density at radius 1 is 1.00 bits per heavy atom. The summed E-state index contributed by atoms with van der Waals surface area (Å²) in [6.45, 7) is 7.63. The summed E-state index contributed by atoms with van der Waals surface area (Å²) < 4.78 is 4.64. The zero-order chi connectivity index (χ0) is 18.5. The van der Waals surface area contributed by atoms with Crippen LogP contribution < -0.4 is 0 Å². The number of esters is 1. The van der Waals surface area contributed by atoms with E-state index in [2.05, 4.69) is 37.7 Å². The molecule has 0 aromatic heterocycles. The van der Waals surface area contributed by atoms with Gasteiger partial charge >= 0.3 is 5.97 Å². The number of methoxy groups -OCH3 is 1. The maximum absolute atomic E-state index is 11.6. The van der Waals surface area contributed by atoms with E-state index in [0.29, 0.717) is 0 Å². The molecule has 4 heteroatoms. The van der Waals surface area contributed by atoms with Crippen molar-refractivity contribution in [3.05, 3.63) is 34.9 Å². The molecule has 0 heterocycles. The minimum Gasteiger partial charge on any atom is -0.468 e.